The van der Waals surface area contributed by atoms with Crippen molar-refractivity contribution >= 4 is 5.97 Å². The van der Waals surface area contributed by atoms with Crippen LogP contribution in [-0.2, 0) is 9.53 Å². The van der Waals surface area contributed by atoms with Crippen molar-refractivity contribution in [1.29, 1.82) is 0 Å². The second-order valence-electron chi connectivity index (χ2n) is 4.87. The van der Waals surface area contributed by atoms with Crippen molar-refractivity contribution in [1.82, 2.24) is 0 Å². The molecule has 2 nitrogen and oxygen atoms in total. The van der Waals surface area contributed by atoms with Gasteiger partial charge in [0.25, 0.3) is 0 Å². The van der Waals surface area contributed by atoms with Gasteiger partial charge in [0.2, 0.25) is 0 Å². The van der Waals surface area contributed by atoms with Gasteiger partial charge >= 0.3 is 5.97 Å². The molecule has 2 heteroatoms. The van der Waals surface area contributed by atoms with Crippen LogP contribution in [0.4, 0.5) is 0 Å². The fraction of sp³-hybridized carbons (Fsp3) is 0.733. The molecular weight excluding hydrogens is 212 g/mol. The number of carbonyl (C=O) groups is 1. The highest BCUT2D eigenvalue weighted by Crippen LogP contribution is 2.08. The van der Waals surface area contributed by atoms with Gasteiger partial charge in [-0.1, -0.05) is 13.8 Å². The second-order valence-corrected chi connectivity index (χ2v) is 4.87. The molecule has 0 aromatic rings. The summed E-state index contributed by atoms with van der Waals surface area (Å²) in [4.78, 5) is 11.3. The largest absolute Gasteiger partial charge is 0.463 e. The summed E-state index contributed by atoms with van der Waals surface area (Å²) < 4.78 is 5.07. The molecule has 0 heterocycles. The van der Waals surface area contributed by atoms with E-state index in [0.717, 1.165) is 19.3 Å². The summed E-state index contributed by atoms with van der Waals surface area (Å²) in [7, 11) is 0. The highest BCUT2D eigenvalue weighted by Gasteiger charge is 2.04. The van der Waals surface area contributed by atoms with Crippen molar-refractivity contribution in [2.24, 2.45) is 5.92 Å². The standard InChI is InChI=1S/C15H26O2/c1-6-13(4)10-11-14(5)8-7-9-15(16)17-12(2)3/h10,12-13H,6-9H2,1-5H3. The number of ether oxygens (including phenoxy) is 1. The Balaban J connectivity index is 3.89. The first kappa shape index (κ1) is 16.0. The van der Waals surface area contributed by atoms with E-state index in [2.05, 4.69) is 32.6 Å². The molecule has 0 aromatic carbocycles. The quantitative estimate of drug-likeness (QED) is 0.489. The van der Waals surface area contributed by atoms with Gasteiger partial charge in [0.15, 0.2) is 0 Å². The van der Waals surface area contributed by atoms with E-state index in [1.165, 1.54) is 5.57 Å². The van der Waals surface area contributed by atoms with Crippen LogP contribution < -0.4 is 0 Å². The number of hydrogen-bond donors (Lipinski definition) is 0. The van der Waals surface area contributed by atoms with Gasteiger partial charge in [-0.05, 0) is 57.6 Å². The number of carbonyl (C=O) groups excluding carboxylic acids is 1. The molecule has 0 saturated heterocycles. The summed E-state index contributed by atoms with van der Waals surface area (Å²) in [6.07, 6.45) is 5.51. The van der Waals surface area contributed by atoms with Crippen molar-refractivity contribution in [2.45, 2.75) is 66.4 Å². The smallest absolute Gasteiger partial charge is 0.306 e. The zero-order chi connectivity index (χ0) is 13.3. The van der Waals surface area contributed by atoms with Crippen molar-refractivity contribution in [2.75, 3.05) is 0 Å². The van der Waals surface area contributed by atoms with Gasteiger partial charge < -0.3 is 4.74 Å². The fourth-order valence-electron chi connectivity index (χ4n) is 1.29. The first-order valence-corrected chi connectivity index (χ1v) is 6.57. The zero-order valence-corrected chi connectivity index (χ0v) is 11.9. The van der Waals surface area contributed by atoms with E-state index in [4.69, 9.17) is 4.74 Å². The highest BCUT2D eigenvalue weighted by molar-refractivity contribution is 5.69. The fourth-order valence-corrected chi connectivity index (χ4v) is 1.29. The third-order valence-corrected chi connectivity index (χ3v) is 2.56. The van der Waals surface area contributed by atoms with Crippen molar-refractivity contribution in [3.63, 3.8) is 0 Å². The van der Waals surface area contributed by atoms with Crippen LogP contribution in [-0.4, -0.2) is 12.1 Å². The lowest BCUT2D eigenvalue weighted by Crippen LogP contribution is -2.10. The number of rotatable bonds is 7. The lowest BCUT2D eigenvalue weighted by atomic mass is 10.1. The molecular formula is C15H26O2. The molecule has 98 valence electrons. The molecule has 0 spiro atoms. The Kier molecular flexibility index (Phi) is 8.53. The summed E-state index contributed by atoms with van der Waals surface area (Å²) in [5.74, 6) is 0.481. The van der Waals surface area contributed by atoms with Crippen LogP contribution in [0.15, 0.2) is 17.4 Å². The SMILES string of the molecule is CCC(C)C=C=C(C)CCCC(=O)OC(C)C. The minimum absolute atomic E-state index is 0.00978. The second kappa shape index (κ2) is 9.07. The number of hydrogen-bond acceptors (Lipinski definition) is 2. The molecule has 0 bridgehead atoms. The minimum Gasteiger partial charge on any atom is -0.463 e. The Morgan fingerprint density at radius 3 is 2.47 bits per heavy atom. The average molecular weight is 238 g/mol. The van der Waals surface area contributed by atoms with Gasteiger partial charge in [-0.25, -0.2) is 0 Å². The maximum atomic E-state index is 11.3. The van der Waals surface area contributed by atoms with Gasteiger partial charge in [-0.2, -0.15) is 0 Å². The van der Waals surface area contributed by atoms with E-state index >= 15 is 0 Å². The predicted octanol–water partition coefficient (Wildman–Crippen LogP) is 4.26. The molecule has 0 radical (unpaired) electrons. The Bertz CT molecular complexity index is 283. The van der Waals surface area contributed by atoms with Gasteiger partial charge in [0, 0.05) is 6.42 Å². The maximum Gasteiger partial charge on any atom is 0.306 e. The van der Waals surface area contributed by atoms with Crippen LogP contribution in [0.5, 0.6) is 0 Å². The maximum absolute atomic E-state index is 11.3. The van der Waals surface area contributed by atoms with Crippen LogP contribution in [0, 0.1) is 5.92 Å². The Labute approximate surface area is 106 Å². The summed E-state index contributed by atoms with van der Waals surface area (Å²) in [5, 5.41) is 0. The third-order valence-electron chi connectivity index (χ3n) is 2.56. The molecule has 0 aliphatic carbocycles. The van der Waals surface area contributed by atoms with E-state index in [1.54, 1.807) is 0 Å². The summed E-state index contributed by atoms with van der Waals surface area (Å²) in [5.41, 5.74) is 4.50. The molecule has 0 aliphatic heterocycles. The lowest BCUT2D eigenvalue weighted by molar-refractivity contribution is -0.147. The first-order valence-electron chi connectivity index (χ1n) is 6.57. The van der Waals surface area contributed by atoms with Gasteiger partial charge in [-0.15, -0.1) is 5.73 Å². The molecule has 0 aliphatic rings. The Hall–Kier alpha value is -1.01. The molecule has 0 aromatic heterocycles. The van der Waals surface area contributed by atoms with E-state index < -0.39 is 0 Å². The molecule has 0 saturated carbocycles. The summed E-state index contributed by atoms with van der Waals surface area (Å²) in [6, 6.07) is 0. The topological polar surface area (TPSA) is 26.3 Å². The number of esters is 1. The zero-order valence-electron chi connectivity index (χ0n) is 11.9. The molecule has 1 atom stereocenters. The van der Waals surface area contributed by atoms with Crippen LogP contribution >= 0.6 is 0 Å². The molecule has 1 unspecified atom stereocenters. The molecule has 0 amide bonds. The summed E-state index contributed by atoms with van der Waals surface area (Å²) in [6.45, 7) is 10.2. The summed E-state index contributed by atoms with van der Waals surface area (Å²) >= 11 is 0. The lowest BCUT2D eigenvalue weighted by Gasteiger charge is -2.07. The Morgan fingerprint density at radius 2 is 1.94 bits per heavy atom. The predicted molar refractivity (Wildman–Crippen MR) is 71.8 cm³/mol. The van der Waals surface area contributed by atoms with Crippen molar-refractivity contribution in [3.8, 4) is 0 Å². The molecule has 0 rings (SSSR count). The van der Waals surface area contributed by atoms with E-state index in [-0.39, 0.29) is 12.1 Å². The van der Waals surface area contributed by atoms with E-state index in [1.807, 2.05) is 13.8 Å². The first-order chi connectivity index (χ1) is 7.95. The molecule has 0 fully saturated rings. The van der Waals surface area contributed by atoms with Gasteiger partial charge in [0.05, 0.1) is 6.10 Å². The average Bonchev–Trinajstić information content (AvgIpc) is 2.24. The normalized spacial score (nSPS) is 11.9. The monoisotopic (exact) mass is 238 g/mol. The van der Waals surface area contributed by atoms with Gasteiger partial charge in [-0.3, -0.25) is 4.79 Å². The van der Waals surface area contributed by atoms with E-state index in [0.29, 0.717) is 12.3 Å². The van der Waals surface area contributed by atoms with Crippen LogP contribution in [0.2, 0.25) is 0 Å². The molecule has 0 N–H and O–H groups in total. The molecule has 17 heavy (non-hydrogen) atoms. The third kappa shape index (κ3) is 9.89. The van der Waals surface area contributed by atoms with Crippen LogP contribution in [0.25, 0.3) is 0 Å². The number of allylic oxidation sites excluding steroid dienone is 1. The van der Waals surface area contributed by atoms with Crippen LogP contribution in [0.1, 0.15) is 60.3 Å². The Morgan fingerprint density at radius 1 is 1.29 bits per heavy atom. The highest BCUT2D eigenvalue weighted by atomic mass is 16.5. The minimum atomic E-state index is -0.0984. The van der Waals surface area contributed by atoms with Crippen LogP contribution in [0.3, 0.4) is 0 Å². The van der Waals surface area contributed by atoms with E-state index in [9.17, 15) is 4.79 Å². The van der Waals surface area contributed by atoms with Crippen molar-refractivity contribution < 1.29 is 9.53 Å². The van der Waals surface area contributed by atoms with Gasteiger partial charge in [0.1, 0.15) is 0 Å². The van der Waals surface area contributed by atoms with Crippen molar-refractivity contribution in [3.05, 3.63) is 17.4 Å².